The lowest BCUT2D eigenvalue weighted by atomic mass is 9.76. The molecule has 0 bridgehead atoms. The summed E-state index contributed by atoms with van der Waals surface area (Å²) in [7, 11) is 0. The zero-order chi connectivity index (χ0) is 32.6. The molecule has 2 N–H and O–H groups in total. The third kappa shape index (κ3) is 9.15. The minimum absolute atomic E-state index is 0.0445. The molecule has 1 atom stereocenters. The molecule has 2 aromatic carbocycles. The van der Waals surface area contributed by atoms with E-state index < -0.39 is 0 Å². The highest BCUT2D eigenvalue weighted by Crippen LogP contribution is 2.39. The number of halogens is 1. The van der Waals surface area contributed by atoms with Gasteiger partial charge in [-0.25, -0.2) is 4.98 Å². The van der Waals surface area contributed by atoms with Gasteiger partial charge in [-0.3, -0.25) is 5.10 Å². The van der Waals surface area contributed by atoms with Crippen LogP contribution >= 0.6 is 15.9 Å². The first-order valence-electron chi connectivity index (χ1n) is 17.2. The molecule has 7 heteroatoms. The molecule has 0 aliphatic carbocycles. The van der Waals surface area contributed by atoms with Crippen molar-refractivity contribution in [3.8, 4) is 5.75 Å². The van der Waals surface area contributed by atoms with Crippen LogP contribution in [0.4, 0.5) is 5.69 Å². The second kappa shape index (κ2) is 15.7. The highest BCUT2D eigenvalue weighted by Gasteiger charge is 2.27. The summed E-state index contributed by atoms with van der Waals surface area (Å²) in [6, 6.07) is 15.8. The SMILES string of the molecule is CCCCCCC(CNc1ccc(CCCc2nc3c(Br)c(C)[nH]n3n2)cc1)Oc1ccc(C(C)(C)CC)cc1C(C)(C)CC. The van der Waals surface area contributed by atoms with Gasteiger partial charge in [0.1, 0.15) is 11.9 Å². The maximum absolute atomic E-state index is 6.90. The molecule has 2 heterocycles. The molecule has 0 fully saturated rings. The number of hydrogen-bond donors (Lipinski definition) is 2. The Kier molecular flexibility index (Phi) is 12.2. The number of H-pyrrole nitrogens is 1. The van der Waals surface area contributed by atoms with E-state index in [4.69, 9.17) is 4.74 Å². The number of anilines is 1. The van der Waals surface area contributed by atoms with Gasteiger partial charge in [0.15, 0.2) is 11.5 Å². The van der Waals surface area contributed by atoms with Crippen molar-refractivity contribution < 1.29 is 4.74 Å². The maximum Gasteiger partial charge on any atom is 0.190 e. The van der Waals surface area contributed by atoms with Crippen LogP contribution < -0.4 is 10.1 Å². The van der Waals surface area contributed by atoms with Crippen LogP contribution in [-0.2, 0) is 23.7 Å². The van der Waals surface area contributed by atoms with Gasteiger partial charge in [0.2, 0.25) is 0 Å². The van der Waals surface area contributed by atoms with Crippen molar-refractivity contribution in [1.29, 1.82) is 0 Å². The van der Waals surface area contributed by atoms with Crippen LogP contribution in [0.15, 0.2) is 46.9 Å². The Balaban J connectivity index is 1.39. The molecular weight excluding hydrogens is 622 g/mol. The largest absolute Gasteiger partial charge is 0.488 e. The van der Waals surface area contributed by atoms with Crippen molar-refractivity contribution >= 4 is 27.3 Å². The fourth-order valence-corrected chi connectivity index (χ4v) is 6.03. The van der Waals surface area contributed by atoms with Crippen LogP contribution in [0.5, 0.6) is 5.75 Å². The molecule has 0 saturated carbocycles. The number of fused-ring (bicyclic) bond motifs is 1. The first-order chi connectivity index (χ1) is 21.5. The lowest BCUT2D eigenvalue weighted by molar-refractivity contribution is 0.194. The van der Waals surface area contributed by atoms with Gasteiger partial charge in [-0.1, -0.05) is 92.0 Å². The van der Waals surface area contributed by atoms with E-state index in [0.717, 1.165) is 78.1 Å². The van der Waals surface area contributed by atoms with E-state index in [1.165, 1.54) is 42.4 Å². The molecule has 2 aromatic heterocycles. The van der Waals surface area contributed by atoms with Crippen LogP contribution in [0.1, 0.15) is 128 Å². The Hall–Kier alpha value is -2.80. The standard InChI is InChI=1S/C38H56BrN5O/c1-9-12-13-14-17-31(45-33-24-21-29(37(5,6)10-2)25-32(33)38(7,8)11-3)26-40-30-22-19-28(20-23-30)16-15-18-34-41-36-35(39)27(4)42-44(36)43-34/h19-25,31,40,42H,9-18,26H2,1-8H3. The molecule has 0 radical (unpaired) electrons. The number of benzene rings is 2. The molecule has 6 nitrogen and oxygen atoms in total. The number of nitrogens with one attached hydrogen (secondary N) is 2. The summed E-state index contributed by atoms with van der Waals surface area (Å²) < 4.78 is 9.64. The Morgan fingerprint density at radius 3 is 2.31 bits per heavy atom. The second-order valence-electron chi connectivity index (χ2n) is 14.0. The van der Waals surface area contributed by atoms with Crippen molar-refractivity contribution in [2.45, 2.75) is 137 Å². The quantitative estimate of drug-likeness (QED) is 0.103. The van der Waals surface area contributed by atoms with E-state index in [-0.39, 0.29) is 16.9 Å². The van der Waals surface area contributed by atoms with Crippen LogP contribution in [0.3, 0.4) is 0 Å². The molecule has 0 aliphatic heterocycles. The van der Waals surface area contributed by atoms with E-state index in [9.17, 15) is 0 Å². The van der Waals surface area contributed by atoms with Crippen LogP contribution in [0.2, 0.25) is 0 Å². The predicted octanol–water partition coefficient (Wildman–Crippen LogP) is 10.5. The lowest BCUT2D eigenvalue weighted by Crippen LogP contribution is -2.28. The number of aryl methyl sites for hydroxylation is 3. The van der Waals surface area contributed by atoms with Gasteiger partial charge >= 0.3 is 0 Å². The Bertz CT molecular complexity index is 1500. The summed E-state index contributed by atoms with van der Waals surface area (Å²) in [5.74, 6) is 1.92. The lowest BCUT2D eigenvalue weighted by Gasteiger charge is -2.32. The summed E-state index contributed by atoms with van der Waals surface area (Å²) in [5.41, 5.74) is 7.28. The molecule has 0 amide bonds. The average Bonchev–Trinajstić information content (AvgIpc) is 3.55. The van der Waals surface area contributed by atoms with E-state index in [2.05, 4.69) is 127 Å². The molecule has 0 spiro atoms. The number of aromatic nitrogens is 4. The molecule has 246 valence electrons. The molecular formula is C38H56BrN5O. The van der Waals surface area contributed by atoms with Gasteiger partial charge in [-0.15, -0.1) is 5.10 Å². The third-order valence-corrected chi connectivity index (χ3v) is 10.7. The smallest absolute Gasteiger partial charge is 0.190 e. The average molecular weight is 679 g/mol. The fraction of sp³-hybridized carbons (Fsp3) is 0.579. The number of aromatic amines is 1. The first kappa shape index (κ1) is 35.1. The summed E-state index contributed by atoms with van der Waals surface area (Å²) in [6.45, 7) is 19.0. The van der Waals surface area contributed by atoms with E-state index in [1.54, 1.807) is 4.63 Å². The normalized spacial score (nSPS) is 13.0. The summed E-state index contributed by atoms with van der Waals surface area (Å²) in [4.78, 5) is 4.67. The van der Waals surface area contributed by atoms with Crippen molar-refractivity contribution in [3.05, 3.63) is 75.1 Å². The minimum atomic E-state index is 0.0445. The summed E-state index contributed by atoms with van der Waals surface area (Å²) in [5, 5.41) is 11.5. The van der Waals surface area contributed by atoms with Gasteiger partial charge in [-0.2, -0.15) is 4.63 Å². The molecule has 45 heavy (non-hydrogen) atoms. The third-order valence-electron chi connectivity index (χ3n) is 9.74. The van der Waals surface area contributed by atoms with Gasteiger partial charge in [0.05, 0.1) is 11.0 Å². The number of hydrogen-bond acceptors (Lipinski definition) is 4. The van der Waals surface area contributed by atoms with Gasteiger partial charge in [0, 0.05) is 23.4 Å². The highest BCUT2D eigenvalue weighted by molar-refractivity contribution is 9.10. The molecule has 0 saturated heterocycles. The zero-order valence-corrected chi connectivity index (χ0v) is 30.6. The van der Waals surface area contributed by atoms with Gasteiger partial charge < -0.3 is 10.1 Å². The molecule has 0 aliphatic rings. The first-order valence-corrected chi connectivity index (χ1v) is 18.0. The van der Waals surface area contributed by atoms with Crippen molar-refractivity contribution in [3.63, 3.8) is 0 Å². The molecule has 1 unspecified atom stereocenters. The number of unbranched alkanes of at least 4 members (excludes halogenated alkanes) is 3. The van der Waals surface area contributed by atoms with E-state index in [1.807, 2.05) is 6.92 Å². The molecule has 4 rings (SSSR count). The van der Waals surface area contributed by atoms with Crippen molar-refractivity contribution in [1.82, 2.24) is 19.8 Å². The van der Waals surface area contributed by atoms with Crippen molar-refractivity contribution in [2.24, 2.45) is 0 Å². The van der Waals surface area contributed by atoms with Gasteiger partial charge in [0.25, 0.3) is 0 Å². The highest BCUT2D eigenvalue weighted by atomic mass is 79.9. The van der Waals surface area contributed by atoms with E-state index >= 15 is 0 Å². The summed E-state index contributed by atoms with van der Waals surface area (Å²) in [6.07, 6.45) is 11.2. The van der Waals surface area contributed by atoms with Crippen LogP contribution in [-0.4, -0.2) is 32.5 Å². The maximum atomic E-state index is 6.90. The topological polar surface area (TPSA) is 67.2 Å². The summed E-state index contributed by atoms with van der Waals surface area (Å²) >= 11 is 3.59. The minimum Gasteiger partial charge on any atom is -0.488 e. The van der Waals surface area contributed by atoms with Crippen molar-refractivity contribution in [2.75, 3.05) is 11.9 Å². The van der Waals surface area contributed by atoms with Crippen LogP contribution in [0.25, 0.3) is 5.65 Å². The Morgan fingerprint density at radius 2 is 1.64 bits per heavy atom. The fourth-order valence-electron chi connectivity index (χ4n) is 5.69. The monoisotopic (exact) mass is 677 g/mol. The number of rotatable bonds is 18. The predicted molar refractivity (Wildman–Crippen MR) is 193 cm³/mol. The Morgan fingerprint density at radius 1 is 0.911 bits per heavy atom. The van der Waals surface area contributed by atoms with Gasteiger partial charge in [-0.05, 0) is 102 Å². The second-order valence-corrected chi connectivity index (χ2v) is 14.8. The van der Waals surface area contributed by atoms with E-state index in [0.29, 0.717) is 0 Å². The molecule has 4 aromatic rings. The Labute approximate surface area is 280 Å². The van der Waals surface area contributed by atoms with Crippen LogP contribution in [0, 0.1) is 6.92 Å². The number of nitrogens with zero attached hydrogens (tertiary/aromatic N) is 3. The number of ether oxygens (including phenoxy) is 1. The zero-order valence-electron chi connectivity index (χ0n) is 29.0.